The normalized spacial score (nSPS) is 11.5. The number of sulfone groups is 1. The van der Waals surface area contributed by atoms with E-state index in [2.05, 4.69) is 9.97 Å². The quantitative estimate of drug-likeness (QED) is 0.181. The van der Waals surface area contributed by atoms with Crippen LogP contribution in [0.3, 0.4) is 0 Å². The van der Waals surface area contributed by atoms with Crippen LogP contribution in [0.15, 0.2) is 68.7 Å². The number of thiazole rings is 1. The van der Waals surface area contributed by atoms with Crippen LogP contribution in [0, 0.1) is 22.7 Å². The summed E-state index contributed by atoms with van der Waals surface area (Å²) < 4.78 is 72.1. The Morgan fingerprint density at radius 3 is 2.33 bits per heavy atom. The van der Waals surface area contributed by atoms with Crippen LogP contribution in [0.4, 0.5) is 19.0 Å². The molecule has 0 atom stereocenters. The van der Waals surface area contributed by atoms with E-state index in [4.69, 9.17) is 21.4 Å². The van der Waals surface area contributed by atoms with Gasteiger partial charge in [0, 0.05) is 21.7 Å². The van der Waals surface area contributed by atoms with Crippen molar-refractivity contribution in [3.63, 3.8) is 0 Å². The van der Waals surface area contributed by atoms with Crippen molar-refractivity contribution in [2.24, 2.45) is 0 Å². The van der Waals surface area contributed by atoms with Gasteiger partial charge in [-0.1, -0.05) is 35.5 Å². The molecule has 2 aromatic carbocycles. The fourth-order valence-electron chi connectivity index (χ4n) is 3.67. The number of halogens is 4. The summed E-state index contributed by atoms with van der Waals surface area (Å²) in [6, 6.07) is 15.3. The molecule has 0 spiro atoms. The second-order valence-corrected chi connectivity index (χ2v) is 12.7. The van der Waals surface area contributed by atoms with Crippen molar-refractivity contribution in [3.05, 3.63) is 75.8 Å². The Labute approximate surface area is 257 Å². The van der Waals surface area contributed by atoms with Crippen LogP contribution < -0.4 is 10.1 Å². The van der Waals surface area contributed by atoms with Gasteiger partial charge in [0.2, 0.25) is 9.84 Å². The molecular formula is C27H19ClF3N5O4S3. The molecule has 4 rings (SSSR count). The largest absolute Gasteiger partial charge is 0.491 e. The minimum atomic E-state index is -4.71. The highest BCUT2D eigenvalue weighted by Gasteiger charge is 2.33. The molecule has 0 aliphatic heterocycles. The van der Waals surface area contributed by atoms with E-state index in [0.717, 1.165) is 29.5 Å². The Kier molecular flexibility index (Phi) is 10.2. The maximum atomic E-state index is 13.8. The third-order valence-electron chi connectivity index (χ3n) is 5.56. The van der Waals surface area contributed by atoms with Gasteiger partial charge in [0.15, 0.2) is 0 Å². The number of ether oxygens (including phenoxy) is 1. The number of alkyl halides is 3. The molecule has 222 valence electrons. The zero-order valence-electron chi connectivity index (χ0n) is 21.7. The van der Waals surface area contributed by atoms with E-state index >= 15 is 0 Å². The first-order chi connectivity index (χ1) is 20.5. The highest BCUT2D eigenvalue weighted by molar-refractivity contribution is 7.98. The zero-order chi connectivity index (χ0) is 31.2. The molecular weight excluding hydrogens is 647 g/mol. The topological polar surface area (TPSA) is 149 Å². The summed E-state index contributed by atoms with van der Waals surface area (Å²) >= 11 is 8.16. The lowest BCUT2D eigenvalue weighted by Gasteiger charge is -2.17. The number of aromatic nitrogens is 2. The van der Waals surface area contributed by atoms with Gasteiger partial charge in [-0.05, 0) is 36.4 Å². The molecule has 0 aliphatic carbocycles. The lowest BCUT2D eigenvalue weighted by Crippen LogP contribution is -2.23. The molecule has 0 radical (unpaired) electrons. The van der Waals surface area contributed by atoms with Gasteiger partial charge in [-0.2, -0.15) is 23.7 Å². The second-order valence-electron chi connectivity index (χ2n) is 8.52. The second kappa shape index (κ2) is 13.6. The fraction of sp³-hybridized carbons (Fsp3) is 0.185. The standard InChI is InChI=1S/C27H19ClF3N5O4S3/c28-17-3-1-16(2-4-17)25-35-18(13-41-25)14-42-26-22(12-33)23(21(11-32)24(36-26)34-15-27(29,30)31)43(38,39)20-7-5-19(6-8-20)40-10-9-37/h1-8,13,37H,9-10,14-15H2,(H,34,36). The number of aliphatic hydroxyl groups is 1. The summed E-state index contributed by atoms with van der Waals surface area (Å²) in [5.41, 5.74) is 0.125. The van der Waals surface area contributed by atoms with E-state index in [1.807, 2.05) is 5.32 Å². The van der Waals surface area contributed by atoms with Gasteiger partial charge >= 0.3 is 6.18 Å². The Morgan fingerprint density at radius 1 is 1.05 bits per heavy atom. The van der Waals surface area contributed by atoms with Crippen molar-refractivity contribution in [1.29, 1.82) is 10.5 Å². The number of rotatable bonds is 11. The van der Waals surface area contributed by atoms with E-state index in [9.17, 15) is 32.1 Å². The van der Waals surface area contributed by atoms with Gasteiger partial charge in [-0.15, -0.1) is 11.3 Å². The first-order valence-corrected chi connectivity index (χ1v) is 15.8. The number of thioether (sulfide) groups is 1. The number of aliphatic hydroxyl groups excluding tert-OH is 1. The number of nitrogens with one attached hydrogen (secondary N) is 1. The van der Waals surface area contributed by atoms with Crippen molar-refractivity contribution in [3.8, 4) is 28.5 Å². The molecule has 2 heterocycles. The number of benzene rings is 2. The minimum absolute atomic E-state index is 0.0391. The molecule has 9 nitrogen and oxygen atoms in total. The first kappa shape index (κ1) is 32.1. The lowest BCUT2D eigenvalue weighted by atomic mass is 10.2. The molecule has 0 unspecified atom stereocenters. The van der Waals surface area contributed by atoms with Crippen LogP contribution in [-0.4, -0.2) is 49.4 Å². The number of anilines is 1. The Morgan fingerprint density at radius 2 is 1.72 bits per heavy atom. The Bertz CT molecular complexity index is 1800. The molecule has 0 fully saturated rings. The third-order valence-corrected chi connectivity index (χ3v) is 9.60. The van der Waals surface area contributed by atoms with Gasteiger partial charge in [-0.3, -0.25) is 0 Å². The number of hydrogen-bond acceptors (Lipinski definition) is 11. The summed E-state index contributed by atoms with van der Waals surface area (Å²) in [6.45, 7) is -1.91. The monoisotopic (exact) mass is 665 g/mol. The SMILES string of the molecule is N#Cc1c(NCC(F)(F)F)nc(SCc2csc(-c3ccc(Cl)cc3)n2)c(C#N)c1S(=O)(=O)c1ccc(OCCO)cc1. The van der Waals surface area contributed by atoms with Crippen LogP contribution in [0.1, 0.15) is 16.8 Å². The molecule has 2 aromatic heterocycles. The van der Waals surface area contributed by atoms with E-state index in [0.29, 0.717) is 15.7 Å². The van der Waals surface area contributed by atoms with Gasteiger partial charge < -0.3 is 15.2 Å². The van der Waals surface area contributed by atoms with E-state index in [-0.39, 0.29) is 34.6 Å². The zero-order valence-corrected chi connectivity index (χ0v) is 24.9. The van der Waals surface area contributed by atoms with Gasteiger partial charge in [0.05, 0.1) is 17.2 Å². The summed E-state index contributed by atoms with van der Waals surface area (Å²) in [4.78, 5) is 7.50. The van der Waals surface area contributed by atoms with Crippen molar-refractivity contribution in [2.75, 3.05) is 25.1 Å². The number of pyridine rings is 1. The van der Waals surface area contributed by atoms with Crippen LogP contribution in [0.5, 0.6) is 5.75 Å². The van der Waals surface area contributed by atoms with Crippen molar-refractivity contribution < 1.29 is 31.4 Å². The van der Waals surface area contributed by atoms with Gasteiger partial charge in [-0.25, -0.2) is 18.4 Å². The predicted molar refractivity (Wildman–Crippen MR) is 155 cm³/mol. The van der Waals surface area contributed by atoms with E-state index in [1.54, 1.807) is 41.8 Å². The average molecular weight is 666 g/mol. The van der Waals surface area contributed by atoms with Crippen LogP contribution in [0.25, 0.3) is 10.6 Å². The third kappa shape index (κ3) is 7.76. The molecule has 2 N–H and O–H groups in total. The summed E-state index contributed by atoms with van der Waals surface area (Å²) in [5, 5.41) is 33.6. The Hall–Kier alpha value is -3.86. The Balaban J connectivity index is 1.76. The number of nitrogens with zero attached hydrogens (tertiary/aromatic N) is 4. The maximum Gasteiger partial charge on any atom is 0.405 e. The molecule has 4 aromatic rings. The lowest BCUT2D eigenvalue weighted by molar-refractivity contribution is -0.115. The maximum absolute atomic E-state index is 13.8. The molecule has 0 bridgehead atoms. The molecule has 43 heavy (non-hydrogen) atoms. The van der Waals surface area contributed by atoms with Crippen molar-refractivity contribution in [1.82, 2.24) is 9.97 Å². The number of hydrogen-bond donors (Lipinski definition) is 2. The molecule has 0 amide bonds. The molecule has 0 saturated carbocycles. The van der Waals surface area contributed by atoms with Gasteiger partial charge in [0.1, 0.15) is 62.9 Å². The van der Waals surface area contributed by atoms with Gasteiger partial charge in [0.25, 0.3) is 0 Å². The summed E-state index contributed by atoms with van der Waals surface area (Å²) in [7, 11) is -4.63. The fourth-order valence-corrected chi connectivity index (χ4v) is 7.22. The predicted octanol–water partition coefficient (Wildman–Crippen LogP) is 6.07. The van der Waals surface area contributed by atoms with E-state index < -0.39 is 44.4 Å². The molecule has 0 aliphatic rings. The van der Waals surface area contributed by atoms with Crippen LogP contribution in [-0.2, 0) is 15.6 Å². The molecule has 16 heteroatoms. The number of nitriles is 2. The smallest absolute Gasteiger partial charge is 0.405 e. The van der Waals surface area contributed by atoms with Crippen molar-refractivity contribution in [2.45, 2.75) is 26.7 Å². The highest BCUT2D eigenvalue weighted by Crippen LogP contribution is 2.38. The van der Waals surface area contributed by atoms with Crippen LogP contribution in [0.2, 0.25) is 5.02 Å². The highest BCUT2D eigenvalue weighted by atomic mass is 35.5. The van der Waals surface area contributed by atoms with Crippen LogP contribution >= 0.6 is 34.7 Å². The van der Waals surface area contributed by atoms with Crippen molar-refractivity contribution >= 4 is 50.4 Å². The summed E-state index contributed by atoms with van der Waals surface area (Å²) in [6.07, 6.45) is -4.71. The summed E-state index contributed by atoms with van der Waals surface area (Å²) in [5.74, 6) is -0.302. The first-order valence-electron chi connectivity index (χ1n) is 12.1. The minimum Gasteiger partial charge on any atom is -0.491 e. The average Bonchev–Trinajstić information content (AvgIpc) is 3.46. The van der Waals surface area contributed by atoms with E-state index in [1.165, 1.54) is 23.5 Å². The molecule has 0 saturated heterocycles.